The molecule has 18 heavy (non-hydrogen) atoms. The highest BCUT2D eigenvalue weighted by atomic mass is 79.9. The zero-order chi connectivity index (χ0) is 13.8. The Morgan fingerprint density at radius 2 is 2.00 bits per heavy atom. The van der Waals surface area contributed by atoms with Crippen molar-refractivity contribution in [1.82, 2.24) is 0 Å². The summed E-state index contributed by atoms with van der Waals surface area (Å²) in [6.45, 7) is 3.84. The molecule has 0 atom stereocenters. The highest BCUT2D eigenvalue weighted by molar-refractivity contribution is 9.10. The summed E-state index contributed by atoms with van der Waals surface area (Å²) in [5.41, 5.74) is -0.102. The quantitative estimate of drug-likeness (QED) is 0.795. The van der Waals surface area contributed by atoms with Crippen molar-refractivity contribution in [1.29, 1.82) is 0 Å². The van der Waals surface area contributed by atoms with Gasteiger partial charge in [-0.3, -0.25) is 4.79 Å². The highest BCUT2D eigenvalue weighted by Gasteiger charge is 2.34. The molecule has 0 unspecified atom stereocenters. The first-order valence-corrected chi connectivity index (χ1v) is 6.81. The lowest BCUT2D eigenvalue weighted by Gasteiger charge is -2.28. The summed E-state index contributed by atoms with van der Waals surface area (Å²) in [6.07, 6.45) is 1.41. The van der Waals surface area contributed by atoms with Gasteiger partial charge in [0.25, 0.3) is 0 Å². The van der Waals surface area contributed by atoms with Gasteiger partial charge in [0.1, 0.15) is 11.4 Å². The van der Waals surface area contributed by atoms with Gasteiger partial charge in [0.2, 0.25) is 0 Å². The Morgan fingerprint density at radius 1 is 1.39 bits per heavy atom. The molecule has 1 rings (SSSR count). The van der Waals surface area contributed by atoms with Crippen LogP contribution in [0.3, 0.4) is 0 Å². The normalized spacial score (nSPS) is 11.6. The number of hydrogen-bond donors (Lipinski definition) is 0. The third-order valence-corrected chi connectivity index (χ3v) is 4.31. The van der Waals surface area contributed by atoms with Gasteiger partial charge in [-0.1, -0.05) is 26.0 Å². The molecular weight excluding hydrogens is 299 g/mol. The van der Waals surface area contributed by atoms with E-state index < -0.39 is 5.60 Å². The van der Waals surface area contributed by atoms with E-state index in [4.69, 9.17) is 4.74 Å². The van der Waals surface area contributed by atoms with Crippen molar-refractivity contribution in [3.63, 3.8) is 0 Å². The average molecular weight is 317 g/mol. The number of benzene rings is 1. The number of Topliss-reactive ketones (excluding diaryl/α,β-unsaturated/α-hetero) is 1. The van der Waals surface area contributed by atoms with Crippen LogP contribution in [-0.2, 0) is 16.0 Å². The van der Waals surface area contributed by atoms with E-state index in [1.165, 1.54) is 6.07 Å². The average Bonchev–Trinajstić information content (AvgIpc) is 2.38. The molecular formula is C14H18BrFO2. The Bertz CT molecular complexity index is 420. The lowest BCUT2D eigenvalue weighted by Crippen LogP contribution is -2.40. The summed E-state index contributed by atoms with van der Waals surface area (Å²) >= 11 is 3.17. The summed E-state index contributed by atoms with van der Waals surface area (Å²) < 4.78 is 19.1. The van der Waals surface area contributed by atoms with Gasteiger partial charge in [-0.05, 0) is 40.4 Å². The van der Waals surface area contributed by atoms with Crippen molar-refractivity contribution >= 4 is 21.7 Å². The zero-order valence-corrected chi connectivity index (χ0v) is 12.5. The molecule has 0 bridgehead atoms. The van der Waals surface area contributed by atoms with Gasteiger partial charge >= 0.3 is 0 Å². The van der Waals surface area contributed by atoms with Gasteiger partial charge in [0, 0.05) is 13.5 Å². The fourth-order valence-corrected chi connectivity index (χ4v) is 2.47. The van der Waals surface area contributed by atoms with Gasteiger partial charge in [0.15, 0.2) is 5.78 Å². The van der Waals surface area contributed by atoms with Crippen molar-refractivity contribution < 1.29 is 13.9 Å². The van der Waals surface area contributed by atoms with Crippen LogP contribution in [0.5, 0.6) is 0 Å². The van der Waals surface area contributed by atoms with E-state index >= 15 is 0 Å². The summed E-state index contributed by atoms with van der Waals surface area (Å²) in [7, 11) is 1.55. The SMILES string of the molecule is CCC(CC)(OC)C(=O)Cc1cccc(F)c1Br. The molecule has 0 aliphatic heterocycles. The van der Waals surface area contributed by atoms with Crippen LogP contribution in [0.1, 0.15) is 32.3 Å². The molecule has 0 aliphatic rings. The van der Waals surface area contributed by atoms with E-state index in [9.17, 15) is 9.18 Å². The van der Waals surface area contributed by atoms with Crippen LogP contribution in [0.2, 0.25) is 0 Å². The number of methoxy groups -OCH3 is 1. The number of rotatable bonds is 6. The van der Waals surface area contributed by atoms with Crippen LogP contribution in [-0.4, -0.2) is 18.5 Å². The van der Waals surface area contributed by atoms with Gasteiger partial charge in [-0.25, -0.2) is 4.39 Å². The van der Waals surface area contributed by atoms with Crippen LogP contribution in [0.25, 0.3) is 0 Å². The molecule has 0 radical (unpaired) electrons. The monoisotopic (exact) mass is 316 g/mol. The number of hydrogen-bond acceptors (Lipinski definition) is 2. The molecule has 4 heteroatoms. The number of carbonyl (C=O) groups excluding carboxylic acids is 1. The number of halogens is 2. The van der Waals surface area contributed by atoms with Crippen molar-refractivity contribution in [2.75, 3.05) is 7.11 Å². The van der Waals surface area contributed by atoms with Gasteiger partial charge in [-0.2, -0.15) is 0 Å². The van der Waals surface area contributed by atoms with E-state index in [1.54, 1.807) is 19.2 Å². The van der Waals surface area contributed by atoms with Gasteiger partial charge < -0.3 is 4.74 Å². The van der Waals surface area contributed by atoms with E-state index in [0.717, 1.165) is 0 Å². The second-order valence-electron chi connectivity index (χ2n) is 4.22. The molecule has 0 amide bonds. The van der Waals surface area contributed by atoms with Gasteiger partial charge in [0.05, 0.1) is 4.47 Å². The summed E-state index contributed by atoms with van der Waals surface area (Å²) in [4.78, 5) is 12.3. The second-order valence-corrected chi connectivity index (χ2v) is 5.01. The predicted octanol–water partition coefficient (Wildman–Crippen LogP) is 3.91. The number of ketones is 1. The third-order valence-electron chi connectivity index (χ3n) is 3.42. The zero-order valence-electron chi connectivity index (χ0n) is 10.9. The van der Waals surface area contributed by atoms with E-state index in [1.807, 2.05) is 13.8 Å². The Hall–Kier alpha value is -0.740. The minimum absolute atomic E-state index is 0.0127. The topological polar surface area (TPSA) is 26.3 Å². The molecule has 100 valence electrons. The first kappa shape index (κ1) is 15.3. The summed E-state index contributed by atoms with van der Waals surface area (Å²) in [5, 5.41) is 0. The van der Waals surface area contributed by atoms with E-state index in [-0.39, 0.29) is 18.0 Å². The molecule has 0 fully saturated rings. The first-order valence-electron chi connectivity index (χ1n) is 6.02. The standard InChI is InChI=1S/C14H18BrFO2/c1-4-14(5-2,18-3)12(17)9-10-7-6-8-11(16)13(10)15/h6-8H,4-5,9H2,1-3H3. The molecule has 2 nitrogen and oxygen atoms in total. The molecule has 0 saturated carbocycles. The molecule has 0 heterocycles. The summed E-state index contributed by atoms with van der Waals surface area (Å²) in [6, 6.07) is 4.72. The smallest absolute Gasteiger partial charge is 0.168 e. The fourth-order valence-electron chi connectivity index (χ4n) is 2.07. The van der Waals surface area contributed by atoms with Crippen LogP contribution in [0, 0.1) is 5.82 Å². The van der Waals surface area contributed by atoms with Crippen molar-refractivity contribution in [3.8, 4) is 0 Å². The second kappa shape index (κ2) is 6.43. The van der Waals surface area contributed by atoms with Gasteiger partial charge in [-0.15, -0.1) is 0 Å². The lowest BCUT2D eigenvalue weighted by atomic mass is 9.88. The van der Waals surface area contributed by atoms with Crippen molar-refractivity contribution in [2.24, 2.45) is 0 Å². The molecule has 1 aromatic rings. The van der Waals surface area contributed by atoms with Crippen LogP contribution in [0.4, 0.5) is 4.39 Å². The van der Waals surface area contributed by atoms with Crippen LogP contribution < -0.4 is 0 Å². The molecule has 1 aromatic carbocycles. The summed E-state index contributed by atoms with van der Waals surface area (Å²) in [5.74, 6) is -0.363. The lowest BCUT2D eigenvalue weighted by molar-refractivity contribution is -0.141. The Kier molecular flexibility index (Phi) is 5.47. The molecule has 0 N–H and O–H groups in total. The van der Waals surface area contributed by atoms with E-state index in [2.05, 4.69) is 15.9 Å². The maximum atomic E-state index is 13.4. The first-order chi connectivity index (χ1) is 8.50. The number of ether oxygens (including phenoxy) is 1. The number of carbonyl (C=O) groups is 1. The third kappa shape index (κ3) is 2.98. The minimum Gasteiger partial charge on any atom is -0.370 e. The molecule has 0 spiro atoms. The van der Waals surface area contributed by atoms with Crippen LogP contribution >= 0.6 is 15.9 Å². The van der Waals surface area contributed by atoms with E-state index in [0.29, 0.717) is 22.9 Å². The largest absolute Gasteiger partial charge is 0.370 e. The molecule has 0 aromatic heterocycles. The van der Waals surface area contributed by atoms with Crippen molar-refractivity contribution in [3.05, 3.63) is 34.1 Å². The Labute approximate surface area is 116 Å². The fraction of sp³-hybridized carbons (Fsp3) is 0.500. The predicted molar refractivity (Wildman–Crippen MR) is 73.1 cm³/mol. The maximum Gasteiger partial charge on any atom is 0.168 e. The van der Waals surface area contributed by atoms with Crippen LogP contribution in [0.15, 0.2) is 22.7 Å². The molecule has 0 saturated heterocycles. The maximum absolute atomic E-state index is 13.4. The minimum atomic E-state index is -0.758. The Balaban J connectivity index is 2.97. The molecule has 0 aliphatic carbocycles. The highest BCUT2D eigenvalue weighted by Crippen LogP contribution is 2.26. The van der Waals surface area contributed by atoms with Crippen molar-refractivity contribution in [2.45, 2.75) is 38.7 Å². The Morgan fingerprint density at radius 3 is 2.50 bits per heavy atom.